The first-order chi connectivity index (χ1) is 17.4. The number of rotatable bonds is 8. The molecular weight excluding hydrogens is 496 g/mol. The summed E-state index contributed by atoms with van der Waals surface area (Å²) in [6.07, 6.45) is -0.995. The molecule has 8 nitrogen and oxygen atoms in total. The van der Waals surface area contributed by atoms with E-state index in [-0.39, 0.29) is 18.1 Å². The molecule has 0 amide bonds. The number of hydrogen-bond acceptors (Lipinski definition) is 9. The molecule has 2 atom stereocenters. The maximum Gasteiger partial charge on any atom is 0.225 e. The summed E-state index contributed by atoms with van der Waals surface area (Å²) in [5.74, 6) is 0.466. The lowest BCUT2D eigenvalue weighted by Crippen LogP contribution is -2.32. The zero-order valence-corrected chi connectivity index (χ0v) is 21.0. The zero-order valence-electron chi connectivity index (χ0n) is 19.3. The van der Waals surface area contributed by atoms with E-state index in [1.165, 1.54) is 0 Å². The molecule has 4 N–H and O–H groups in total. The van der Waals surface area contributed by atoms with Crippen LogP contribution in [0.5, 0.6) is 0 Å². The summed E-state index contributed by atoms with van der Waals surface area (Å²) in [5, 5.41) is 27.1. The van der Waals surface area contributed by atoms with Crippen LogP contribution in [-0.4, -0.2) is 52.3 Å². The molecule has 1 aliphatic rings. The third-order valence-corrected chi connectivity index (χ3v) is 8.97. The molecule has 36 heavy (non-hydrogen) atoms. The minimum atomic E-state index is -3.30. The topological polar surface area (TPSA) is 124 Å². The van der Waals surface area contributed by atoms with Crippen molar-refractivity contribution in [3.63, 3.8) is 0 Å². The Morgan fingerprint density at radius 3 is 2.28 bits per heavy atom. The van der Waals surface area contributed by atoms with Crippen molar-refractivity contribution in [2.75, 3.05) is 22.1 Å². The third kappa shape index (κ3) is 5.46. The van der Waals surface area contributed by atoms with Crippen LogP contribution in [0.3, 0.4) is 0 Å². The third-order valence-electron chi connectivity index (χ3n) is 6.02. The van der Waals surface area contributed by atoms with Gasteiger partial charge in [-0.3, -0.25) is 0 Å². The van der Waals surface area contributed by atoms with Gasteiger partial charge in [0.25, 0.3) is 0 Å². The summed E-state index contributed by atoms with van der Waals surface area (Å²) in [5.41, 5.74) is 2.61. The van der Waals surface area contributed by atoms with Crippen LogP contribution in [0, 0.1) is 0 Å². The molecule has 3 aromatic carbocycles. The summed E-state index contributed by atoms with van der Waals surface area (Å²) in [6, 6.07) is 22.6. The number of sulfone groups is 1. The van der Waals surface area contributed by atoms with Gasteiger partial charge in [-0.15, -0.1) is 0 Å². The van der Waals surface area contributed by atoms with E-state index in [1.54, 1.807) is 11.8 Å². The van der Waals surface area contributed by atoms with Crippen LogP contribution < -0.4 is 10.6 Å². The SMILES string of the molecule is O=S1(=O)CC(O)C(Nc2nc(NCc3ccccc3Sc3ccccc3CO)nc3ccccc23)C1. The van der Waals surface area contributed by atoms with Crippen LogP contribution in [-0.2, 0) is 23.0 Å². The monoisotopic (exact) mass is 522 g/mol. The fourth-order valence-corrected chi connectivity index (χ4v) is 6.99. The summed E-state index contributed by atoms with van der Waals surface area (Å²) < 4.78 is 23.9. The van der Waals surface area contributed by atoms with Crippen molar-refractivity contribution in [1.29, 1.82) is 0 Å². The fraction of sp³-hybridized carbons (Fsp3) is 0.231. The van der Waals surface area contributed by atoms with Gasteiger partial charge in [-0.25, -0.2) is 13.4 Å². The summed E-state index contributed by atoms with van der Waals surface area (Å²) in [6.45, 7) is 0.434. The molecule has 0 saturated carbocycles. The molecule has 2 heterocycles. The van der Waals surface area contributed by atoms with E-state index in [4.69, 9.17) is 0 Å². The Balaban J connectivity index is 1.39. The van der Waals surface area contributed by atoms with Gasteiger partial charge in [0.1, 0.15) is 5.82 Å². The Labute approximate surface area is 213 Å². The van der Waals surface area contributed by atoms with Crippen LogP contribution in [0.15, 0.2) is 82.6 Å². The molecule has 5 rings (SSSR count). The van der Waals surface area contributed by atoms with Crippen LogP contribution in [0.25, 0.3) is 10.9 Å². The second-order valence-corrected chi connectivity index (χ2v) is 11.9. The Kier molecular flexibility index (Phi) is 7.10. The summed E-state index contributed by atoms with van der Waals surface area (Å²) in [4.78, 5) is 11.3. The van der Waals surface area contributed by atoms with Crippen LogP contribution in [0.4, 0.5) is 11.8 Å². The molecular formula is C26H26N4O4S2. The first-order valence-corrected chi connectivity index (χ1v) is 14.2. The van der Waals surface area contributed by atoms with Gasteiger partial charge in [-0.2, -0.15) is 4.98 Å². The maximum absolute atomic E-state index is 12.0. The molecule has 0 spiro atoms. The molecule has 1 saturated heterocycles. The van der Waals surface area contributed by atoms with E-state index in [0.717, 1.165) is 26.3 Å². The number of fused-ring (bicyclic) bond motifs is 1. The molecule has 1 fully saturated rings. The van der Waals surface area contributed by atoms with Crippen LogP contribution in [0.1, 0.15) is 11.1 Å². The first kappa shape index (κ1) is 24.5. The maximum atomic E-state index is 12.0. The predicted octanol–water partition coefficient (Wildman–Crippen LogP) is 3.46. The standard InChI is InChI=1S/C26H26N4O4S2/c31-14-18-8-2-6-12-24(18)35-23-11-5-1-7-17(23)13-27-26-29-20-10-4-3-9-19(20)25(30-26)28-21-15-36(33,34)16-22(21)32/h1-12,21-22,31-32H,13-16H2,(H2,27,28,29,30). The highest BCUT2D eigenvalue weighted by Crippen LogP contribution is 2.33. The number of para-hydroxylation sites is 1. The van der Waals surface area contributed by atoms with Gasteiger partial charge in [0.2, 0.25) is 5.95 Å². The highest BCUT2D eigenvalue weighted by atomic mass is 32.2. The normalized spacial score (nSPS) is 18.8. The Morgan fingerprint density at radius 2 is 1.56 bits per heavy atom. The van der Waals surface area contributed by atoms with E-state index in [0.29, 0.717) is 23.8 Å². The van der Waals surface area contributed by atoms with Crippen molar-refractivity contribution >= 4 is 44.3 Å². The lowest BCUT2D eigenvalue weighted by molar-refractivity contribution is 0.190. The van der Waals surface area contributed by atoms with E-state index in [9.17, 15) is 18.6 Å². The Hall–Kier alpha value is -3.18. The molecule has 186 valence electrons. The van der Waals surface area contributed by atoms with Crippen molar-refractivity contribution in [2.24, 2.45) is 0 Å². The van der Waals surface area contributed by atoms with E-state index >= 15 is 0 Å². The average Bonchev–Trinajstić information content (AvgIpc) is 3.14. The average molecular weight is 523 g/mol. The lowest BCUT2D eigenvalue weighted by atomic mass is 10.2. The highest BCUT2D eigenvalue weighted by molar-refractivity contribution is 7.99. The van der Waals surface area contributed by atoms with Gasteiger partial charge in [0.15, 0.2) is 9.84 Å². The zero-order chi connectivity index (χ0) is 25.1. The second kappa shape index (κ2) is 10.4. The van der Waals surface area contributed by atoms with Crippen LogP contribution in [0.2, 0.25) is 0 Å². The molecule has 2 unspecified atom stereocenters. The van der Waals surface area contributed by atoms with Crippen molar-refractivity contribution in [2.45, 2.75) is 35.1 Å². The number of nitrogens with zero attached hydrogens (tertiary/aromatic N) is 2. The molecule has 0 aliphatic carbocycles. The van der Waals surface area contributed by atoms with Gasteiger partial charge < -0.3 is 20.8 Å². The minimum Gasteiger partial charge on any atom is -0.392 e. The number of hydrogen-bond donors (Lipinski definition) is 4. The smallest absolute Gasteiger partial charge is 0.225 e. The Morgan fingerprint density at radius 1 is 0.889 bits per heavy atom. The van der Waals surface area contributed by atoms with Crippen LogP contribution >= 0.6 is 11.8 Å². The van der Waals surface area contributed by atoms with Gasteiger partial charge in [-0.05, 0) is 35.4 Å². The molecule has 1 aliphatic heterocycles. The molecule has 0 bridgehead atoms. The van der Waals surface area contributed by atoms with Crippen molar-refractivity contribution in [3.05, 3.63) is 83.9 Å². The largest absolute Gasteiger partial charge is 0.392 e. The molecule has 1 aromatic heterocycles. The van der Waals surface area contributed by atoms with Gasteiger partial charge in [0, 0.05) is 21.7 Å². The van der Waals surface area contributed by atoms with E-state index in [1.807, 2.05) is 72.8 Å². The van der Waals surface area contributed by atoms with Gasteiger partial charge in [-0.1, -0.05) is 60.3 Å². The number of nitrogens with one attached hydrogen (secondary N) is 2. The number of benzene rings is 3. The van der Waals surface area contributed by atoms with Crippen molar-refractivity contribution in [3.8, 4) is 0 Å². The number of anilines is 2. The molecule has 10 heteroatoms. The van der Waals surface area contributed by atoms with Gasteiger partial charge in [0.05, 0.1) is 35.8 Å². The lowest BCUT2D eigenvalue weighted by Gasteiger charge is -2.18. The highest BCUT2D eigenvalue weighted by Gasteiger charge is 2.36. The fourth-order valence-electron chi connectivity index (χ4n) is 4.18. The van der Waals surface area contributed by atoms with Gasteiger partial charge >= 0.3 is 0 Å². The van der Waals surface area contributed by atoms with Crippen molar-refractivity contribution < 1.29 is 18.6 Å². The quantitative estimate of drug-likeness (QED) is 0.275. The summed E-state index contributed by atoms with van der Waals surface area (Å²) in [7, 11) is -3.30. The Bertz CT molecular complexity index is 1500. The number of aliphatic hydroxyl groups excluding tert-OH is 2. The minimum absolute atomic E-state index is 0.0265. The summed E-state index contributed by atoms with van der Waals surface area (Å²) >= 11 is 1.59. The first-order valence-electron chi connectivity index (χ1n) is 11.5. The number of aromatic nitrogens is 2. The molecule has 4 aromatic rings. The van der Waals surface area contributed by atoms with E-state index < -0.39 is 22.0 Å². The molecule has 0 radical (unpaired) electrons. The van der Waals surface area contributed by atoms with E-state index in [2.05, 4.69) is 20.6 Å². The number of aliphatic hydroxyl groups is 2. The predicted molar refractivity (Wildman–Crippen MR) is 142 cm³/mol. The van der Waals surface area contributed by atoms with Crippen molar-refractivity contribution in [1.82, 2.24) is 9.97 Å². The second-order valence-electron chi connectivity index (χ2n) is 8.64.